The van der Waals surface area contributed by atoms with Crippen molar-refractivity contribution >= 4 is 17.0 Å². The summed E-state index contributed by atoms with van der Waals surface area (Å²) in [4.78, 5) is 2.66. The molecule has 2 atom stereocenters. The Morgan fingerprint density at radius 1 is 1.00 bits per heavy atom. The first kappa shape index (κ1) is 19.2. The Morgan fingerprint density at radius 3 is 2.21 bits per heavy atom. The lowest BCUT2D eigenvalue weighted by atomic mass is 9.65. The standard InChI is InChI=1S/C22H29N.BrH/c1-3-22(21-12-8-5-9-13-21)15-17-23(18-19(22)2)16-14-20-10-6-4-7-11-20;/h4-13,19H,3,14-18H2,1-2H3;1H. The van der Waals surface area contributed by atoms with Gasteiger partial charge in [-0.05, 0) is 42.9 Å². The Hall–Kier alpha value is -1.12. The molecule has 130 valence electrons. The van der Waals surface area contributed by atoms with Crippen LogP contribution in [0, 0.1) is 5.92 Å². The van der Waals surface area contributed by atoms with E-state index in [0.717, 1.165) is 6.42 Å². The lowest BCUT2D eigenvalue weighted by molar-refractivity contribution is 0.0977. The molecule has 1 heterocycles. The van der Waals surface area contributed by atoms with Crippen molar-refractivity contribution in [1.29, 1.82) is 0 Å². The maximum atomic E-state index is 2.66. The summed E-state index contributed by atoms with van der Waals surface area (Å²) in [6.45, 7) is 8.44. The molecule has 0 bridgehead atoms. The van der Waals surface area contributed by atoms with Gasteiger partial charge in [0.05, 0.1) is 0 Å². The molecule has 0 radical (unpaired) electrons. The monoisotopic (exact) mass is 387 g/mol. The lowest BCUT2D eigenvalue weighted by Crippen LogP contribution is -2.49. The van der Waals surface area contributed by atoms with Crippen molar-refractivity contribution in [3.05, 3.63) is 71.8 Å². The van der Waals surface area contributed by atoms with Gasteiger partial charge < -0.3 is 4.90 Å². The van der Waals surface area contributed by atoms with Crippen molar-refractivity contribution < 1.29 is 0 Å². The number of benzene rings is 2. The average Bonchev–Trinajstić information content (AvgIpc) is 2.62. The summed E-state index contributed by atoms with van der Waals surface area (Å²) in [5, 5.41) is 0. The minimum absolute atomic E-state index is 0. The molecule has 2 unspecified atom stereocenters. The van der Waals surface area contributed by atoms with Crippen LogP contribution in [0.3, 0.4) is 0 Å². The molecule has 0 aliphatic carbocycles. The van der Waals surface area contributed by atoms with Gasteiger partial charge in [0.2, 0.25) is 0 Å². The fourth-order valence-electron chi connectivity index (χ4n) is 4.32. The SMILES string of the molecule is Br.CCC1(c2ccccc2)CCN(CCc2ccccc2)CC1C. The van der Waals surface area contributed by atoms with Gasteiger partial charge in [0.15, 0.2) is 0 Å². The van der Waals surface area contributed by atoms with Gasteiger partial charge in [-0.2, -0.15) is 0 Å². The highest BCUT2D eigenvalue weighted by Gasteiger charge is 2.40. The van der Waals surface area contributed by atoms with E-state index in [0.29, 0.717) is 11.3 Å². The molecule has 1 nitrogen and oxygen atoms in total. The van der Waals surface area contributed by atoms with E-state index < -0.39 is 0 Å². The zero-order valence-corrected chi connectivity index (χ0v) is 16.7. The number of hydrogen-bond donors (Lipinski definition) is 0. The Labute approximate surface area is 157 Å². The van der Waals surface area contributed by atoms with Crippen LogP contribution >= 0.6 is 17.0 Å². The maximum absolute atomic E-state index is 2.66. The predicted molar refractivity (Wildman–Crippen MR) is 109 cm³/mol. The number of piperidine rings is 1. The third kappa shape index (κ3) is 4.10. The number of likely N-dealkylation sites (tertiary alicyclic amines) is 1. The quantitative estimate of drug-likeness (QED) is 0.654. The van der Waals surface area contributed by atoms with Gasteiger partial charge >= 0.3 is 0 Å². The van der Waals surface area contributed by atoms with Crippen LogP contribution in [0.2, 0.25) is 0 Å². The first-order valence-corrected chi connectivity index (χ1v) is 9.06. The van der Waals surface area contributed by atoms with Crippen LogP contribution in [-0.4, -0.2) is 24.5 Å². The van der Waals surface area contributed by atoms with Crippen molar-refractivity contribution in [2.75, 3.05) is 19.6 Å². The summed E-state index contributed by atoms with van der Waals surface area (Å²) in [6, 6.07) is 22.1. The Morgan fingerprint density at radius 2 is 1.62 bits per heavy atom. The lowest BCUT2D eigenvalue weighted by Gasteiger charge is -2.47. The largest absolute Gasteiger partial charge is 0.303 e. The Bertz CT molecular complexity index is 598. The van der Waals surface area contributed by atoms with Crippen molar-refractivity contribution in [1.82, 2.24) is 4.90 Å². The van der Waals surface area contributed by atoms with Crippen molar-refractivity contribution in [2.45, 2.75) is 38.5 Å². The number of halogens is 1. The van der Waals surface area contributed by atoms with Gasteiger partial charge in [-0.3, -0.25) is 0 Å². The summed E-state index contributed by atoms with van der Waals surface area (Å²) < 4.78 is 0. The minimum atomic E-state index is 0. The van der Waals surface area contributed by atoms with Gasteiger partial charge in [0, 0.05) is 18.5 Å². The molecule has 24 heavy (non-hydrogen) atoms. The van der Waals surface area contributed by atoms with Gasteiger partial charge in [-0.25, -0.2) is 0 Å². The van der Waals surface area contributed by atoms with E-state index in [9.17, 15) is 0 Å². The highest BCUT2D eigenvalue weighted by Crippen LogP contribution is 2.42. The third-order valence-corrected chi connectivity index (χ3v) is 5.89. The van der Waals surface area contributed by atoms with Gasteiger partial charge in [-0.1, -0.05) is 74.5 Å². The normalized spacial score (nSPS) is 24.3. The van der Waals surface area contributed by atoms with E-state index in [-0.39, 0.29) is 17.0 Å². The molecular weight excluding hydrogens is 358 g/mol. The fraction of sp³-hybridized carbons (Fsp3) is 0.455. The van der Waals surface area contributed by atoms with Gasteiger partial charge in [0.1, 0.15) is 0 Å². The number of hydrogen-bond acceptors (Lipinski definition) is 1. The molecule has 0 spiro atoms. The summed E-state index contributed by atoms with van der Waals surface area (Å²) >= 11 is 0. The Balaban J connectivity index is 0.00000208. The second-order valence-corrected chi connectivity index (χ2v) is 7.06. The van der Waals surface area contributed by atoms with Gasteiger partial charge in [-0.15, -0.1) is 17.0 Å². The topological polar surface area (TPSA) is 3.24 Å². The molecular formula is C22H30BrN. The first-order valence-electron chi connectivity index (χ1n) is 9.06. The summed E-state index contributed by atoms with van der Waals surface area (Å²) in [5.41, 5.74) is 3.36. The minimum Gasteiger partial charge on any atom is -0.303 e. The van der Waals surface area contributed by atoms with Crippen molar-refractivity contribution in [3.8, 4) is 0 Å². The molecule has 1 aliphatic rings. The molecule has 0 saturated carbocycles. The molecule has 3 rings (SSSR count). The predicted octanol–water partition coefficient (Wildman–Crippen LogP) is 5.50. The van der Waals surface area contributed by atoms with Gasteiger partial charge in [0.25, 0.3) is 0 Å². The third-order valence-electron chi connectivity index (χ3n) is 5.89. The molecule has 0 aromatic heterocycles. The van der Waals surface area contributed by atoms with E-state index in [1.54, 1.807) is 0 Å². The van der Waals surface area contributed by atoms with E-state index in [4.69, 9.17) is 0 Å². The Kier molecular flexibility index (Phi) is 7.06. The highest BCUT2D eigenvalue weighted by molar-refractivity contribution is 8.93. The van der Waals surface area contributed by atoms with Crippen LogP contribution < -0.4 is 0 Å². The molecule has 2 aromatic carbocycles. The number of nitrogens with zero attached hydrogens (tertiary/aromatic N) is 1. The summed E-state index contributed by atoms with van der Waals surface area (Å²) in [5.74, 6) is 0.708. The van der Waals surface area contributed by atoms with Crippen LogP contribution in [0.5, 0.6) is 0 Å². The van der Waals surface area contributed by atoms with Crippen molar-refractivity contribution in [2.24, 2.45) is 5.92 Å². The zero-order chi connectivity index (χ0) is 16.1. The molecule has 0 N–H and O–H groups in total. The smallest absolute Gasteiger partial charge is 0.00219 e. The van der Waals surface area contributed by atoms with Crippen LogP contribution in [0.15, 0.2) is 60.7 Å². The molecule has 0 amide bonds. The summed E-state index contributed by atoms with van der Waals surface area (Å²) in [6.07, 6.45) is 3.69. The second kappa shape index (κ2) is 8.82. The molecule has 1 aliphatic heterocycles. The van der Waals surface area contributed by atoms with Crippen molar-refractivity contribution in [3.63, 3.8) is 0 Å². The van der Waals surface area contributed by atoms with E-state index >= 15 is 0 Å². The van der Waals surface area contributed by atoms with Crippen LogP contribution in [0.1, 0.15) is 37.8 Å². The zero-order valence-electron chi connectivity index (χ0n) is 14.9. The fourth-order valence-corrected chi connectivity index (χ4v) is 4.32. The maximum Gasteiger partial charge on any atom is 0.00219 e. The molecule has 2 aromatic rings. The van der Waals surface area contributed by atoms with Crippen LogP contribution in [0.4, 0.5) is 0 Å². The van der Waals surface area contributed by atoms with E-state index in [2.05, 4.69) is 79.4 Å². The molecule has 2 heteroatoms. The molecule has 1 saturated heterocycles. The highest BCUT2D eigenvalue weighted by atomic mass is 79.9. The van der Waals surface area contributed by atoms with Crippen LogP contribution in [0.25, 0.3) is 0 Å². The first-order chi connectivity index (χ1) is 11.2. The summed E-state index contributed by atoms with van der Waals surface area (Å²) in [7, 11) is 0. The average molecular weight is 388 g/mol. The van der Waals surface area contributed by atoms with E-state index in [1.807, 2.05) is 0 Å². The number of rotatable bonds is 5. The van der Waals surface area contributed by atoms with Crippen LogP contribution in [-0.2, 0) is 11.8 Å². The second-order valence-electron chi connectivity index (χ2n) is 7.06. The van der Waals surface area contributed by atoms with E-state index in [1.165, 1.54) is 43.6 Å². The molecule has 1 fully saturated rings.